The summed E-state index contributed by atoms with van der Waals surface area (Å²) in [4.78, 5) is 11.8. The summed E-state index contributed by atoms with van der Waals surface area (Å²) < 4.78 is 7.01. The van der Waals surface area contributed by atoms with Crippen LogP contribution in [0.15, 0.2) is 12.4 Å². The number of Topliss-reactive ketones (excluding diaryl/α,β-unsaturated/α-hetero) is 1. The van der Waals surface area contributed by atoms with Crippen LogP contribution in [0.25, 0.3) is 0 Å². The number of carbonyl (C=O) groups excluding carboxylic acids is 1. The number of ether oxygens (including phenoxy) is 1. The molecule has 1 N–H and O–H groups in total. The number of hydrogen-bond donors (Lipinski definition) is 1. The number of carbonyl (C=O) groups is 1. The molecule has 1 unspecified atom stereocenters. The van der Waals surface area contributed by atoms with Crippen molar-refractivity contribution in [2.24, 2.45) is 7.05 Å². The maximum atomic E-state index is 11.8. The van der Waals surface area contributed by atoms with Crippen LogP contribution < -0.4 is 5.32 Å². The zero-order valence-electron chi connectivity index (χ0n) is 9.48. The van der Waals surface area contributed by atoms with Crippen LogP contribution in [0.1, 0.15) is 12.0 Å². The molecule has 16 heavy (non-hydrogen) atoms. The second kappa shape index (κ2) is 5.23. The van der Waals surface area contributed by atoms with Gasteiger partial charge >= 0.3 is 0 Å². The van der Waals surface area contributed by atoms with Crippen LogP contribution >= 0.6 is 0 Å². The first-order valence-corrected chi connectivity index (χ1v) is 5.57. The van der Waals surface area contributed by atoms with E-state index < -0.39 is 0 Å². The number of nitrogens with zero attached hydrogens (tertiary/aromatic N) is 2. The topological polar surface area (TPSA) is 56.1 Å². The quantitative estimate of drug-likeness (QED) is 0.775. The van der Waals surface area contributed by atoms with Gasteiger partial charge in [0.15, 0.2) is 5.78 Å². The third-order valence-electron chi connectivity index (χ3n) is 2.73. The highest BCUT2D eigenvalue weighted by atomic mass is 16.5. The molecule has 88 valence electrons. The van der Waals surface area contributed by atoms with Crippen LogP contribution in [0.2, 0.25) is 0 Å². The summed E-state index contributed by atoms with van der Waals surface area (Å²) in [6, 6.07) is -0.120. The molecule has 1 aliphatic heterocycles. The molecule has 0 aromatic carbocycles. The highest BCUT2D eigenvalue weighted by Crippen LogP contribution is 2.04. The molecular weight excluding hydrogens is 206 g/mol. The molecule has 1 fully saturated rings. The Labute approximate surface area is 94.8 Å². The Hall–Kier alpha value is -1.20. The molecular formula is C11H17N3O2. The molecule has 0 bridgehead atoms. The second-order valence-corrected chi connectivity index (χ2v) is 4.07. The number of nitrogens with one attached hydrogen (secondary N) is 1. The van der Waals surface area contributed by atoms with Crippen LogP contribution in [0.3, 0.4) is 0 Å². The first-order chi connectivity index (χ1) is 7.75. The van der Waals surface area contributed by atoms with E-state index >= 15 is 0 Å². The first-order valence-electron chi connectivity index (χ1n) is 5.57. The smallest absolute Gasteiger partial charge is 0.152 e. The van der Waals surface area contributed by atoms with E-state index in [-0.39, 0.29) is 11.8 Å². The van der Waals surface area contributed by atoms with E-state index in [4.69, 9.17) is 4.74 Å². The number of ketones is 1. The minimum absolute atomic E-state index is 0.120. The summed E-state index contributed by atoms with van der Waals surface area (Å²) in [6.45, 7) is 1.97. The fraction of sp³-hybridized carbons (Fsp3) is 0.636. The molecule has 1 aliphatic rings. The Kier molecular flexibility index (Phi) is 3.69. The van der Waals surface area contributed by atoms with Crippen molar-refractivity contribution in [2.45, 2.75) is 18.9 Å². The fourth-order valence-corrected chi connectivity index (χ4v) is 1.81. The Morgan fingerprint density at radius 3 is 3.25 bits per heavy atom. The van der Waals surface area contributed by atoms with E-state index in [2.05, 4.69) is 10.4 Å². The monoisotopic (exact) mass is 223 g/mol. The average molecular weight is 223 g/mol. The second-order valence-electron chi connectivity index (χ2n) is 4.07. The lowest BCUT2D eigenvalue weighted by atomic mass is 10.1. The molecule has 0 amide bonds. The summed E-state index contributed by atoms with van der Waals surface area (Å²) in [7, 11) is 1.88. The molecule has 2 rings (SSSR count). The predicted molar refractivity (Wildman–Crippen MR) is 59.1 cm³/mol. The van der Waals surface area contributed by atoms with Crippen molar-refractivity contribution in [3.05, 3.63) is 18.0 Å². The normalized spacial score (nSPS) is 20.9. The summed E-state index contributed by atoms with van der Waals surface area (Å²) >= 11 is 0. The van der Waals surface area contributed by atoms with Gasteiger partial charge < -0.3 is 10.1 Å². The molecule has 5 heteroatoms. The van der Waals surface area contributed by atoms with Crippen LogP contribution in [-0.2, 0) is 23.0 Å². The standard InChI is InChI=1S/C11H17N3O2/c1-14-7-9(6-13-14)2-3-11(15)10-8-16-5-4-12-10/h6-7,10,12H,2-5,8H2,1H3. The molecule has 1 atom stereocenters. The van der Waals surface area contributed by atoms with Gasteiger partial charge in [-0.3, -0.25) is 9.48 Å². The SMILES string of the molecule is Cn1cc(CCC(=O)C2COCCN2)cn1. The van der Waals surface area contributed by atoms with E-state index in [9.17, 15) is 4.79 Å². The molecule has 5 nitrogen and oxygen atoms in total. The van der Waals surface area contributed by atoms with Gasteiger partial charge in [-0.25, -0.2) is 0 Å². The predicted octanol–water partition coefficient (Wildman–Crippen LogP) is -0.0898. The van der Waals surface area contributed by atoms with Gasteiger partial charge in [0.1, 0.15) is 0 Å². The summed E-state index contributed by atoms with van der Waals surface area (Å²) in [6.07, 6.45) is 5.05. The van der Waals surface area contributed by atoms with E-state index in [0.29, 0.717) is 19.6 Å². The molecule has 1 aromatic heterocycles. The van der Waals surface area contributed by atoms with Gasteiger partial charge in [-0.15, -0.1) is 0 Å². The van der Waals surface area contributed by atoms with Crippen LogP contribution in [0.5, 0.6) is 0 Å². The van der Waals surface area contributed by atoms with E-state index in [1.807, 2.05) is 13.2 Å². The minimum atomic E-state index is -0.120. The lowest BCUT2D eigenvalue weighted by molar-refractivity contribution is -0.123. The van der Waals surface area contributed by atoms with Gasteiger partial charge in [-0.1, -0.05) is 0 Å². The number of aromatic nitrogens is 2. The van der Waals surface area contributed by atoms with Gasteiger partial charge in [0.25, 0.3) is 0 Å². The molecule has 2 heterocycles. The molecule has 0 aliphatic carbocycles. The Balaban J connectivity index is 1.78. The summed E-state index contributed by atoms with van der Waals surface area (Å²) in [5, 5.41) is 7.24. The van der Waals surface area contributed by atoms with Gasteiger partial charge in [0.2, 0.25) is 0 Å². The van der Waals surface area contributed by atoms with Crippen LogP contribution in [0, 0.1) is 0 Å². The number of rotatable bonds is 4. The van der Waals surface area contributed by atoms with E-state index in [0.717, 1.165) is 18.5 Å². The highest BCUT2D eigenvalue weighted by Gasteiger charge is 2.20. The Bertz CT molecular complexity index is 356. The Morgan fingerprint density at radius 1 is 1.75 bits per heavy atom. The summed E-state index contributed by atoms with van der Waals surface area (Å²) in [5.74, 6) is 0.226. The van der Waals surface area contributed by atoms with E-state index in [1.165, 1.54) is 0 Å². The molecule has 0 spiro atoms. The van der Waals surface area contributed by atoms with E-state index in [1.54, 1.807) is 10.9 Å². The lowest BCUT2D eigenvalue weighted by Crippen LogP contribution is -2.46. The lowest BCUT2D eigenvalue weighted by Gasteiger charge is -2.22. The van der Waals surface area contributed by atoms with Crippen molar-refractivity contribution in [2.75, 3.05) is 19.8 Å². The van der Waals surface area contributed by atoms with Gasteiger partial charge in [0, 0.05) is 26.2 Å². The molecule has 1 saturated heterocycles. The van der Waals surface area contributed by atoms with Crippen LogP contribution in [-0.4, -0.2) is 41.4 Å². The van der Waals surface area contributed by atoms with Crippen molar-refractivity contribution in [3.8, 4) is 0 Å². The fourth-order valence-electron chi connectivity index (χ4n) is 1.81. The number of hydrogen-bond acceptors (Lipinski definition) is 4. The highest BCUT2D eigenvalue weighted by molar-refractivity contribution is 5.84. The van der Waals surface area contributed by atoms with Crippen molar-refractivity contribution < 1.29 is 9.53 Å². The van der Waals surface area contributed by atoms with Gasteiger partial charge in [0.05, 0.1) is 25.5 Å². The minimum Gasteiger partial charge on any atom is -0.378 e. The molecule has 0 saturated carbocycles. The number of morpholine rings is 1. The molecule has 1 aromatic rings. The van der Waals surface area contributed by atoms with Crippen molar-refractivity contribution in [1.29, 1.82) is 0 Å². The maximum Gasteiger partial charge on any atom is 0.152 e. The Morgan fingerprint density at radius 2 is 2.62 bits per heavy atom. The first kappa shape index (κ1) is 11.3. The van der Waals surface area contributed by atoms with Crippen molar-refractivity contribution >= 4 is 5.78 Å². The van der Waals surface area contributed by atoms with Gasteiger partial charge in [-0.2, -0.15) is 5.10 Å². The van der Waals surface area contributed by atoms with Crippen molar-refractivity contribution in [3.63, 3.8) is 0 Å². The zero-order chi connectivity index (χ0) is 11.4. The van der Waals surface area contributed by atoms with Crippen molar-refractivity contribution in [1.82, 2.24) is 15.1 Å². The zero-order valence-corrected chi connectivity index (χ0v) is 9.48. The largest absolute Gasteiger partial charge is 0.378 e. The number of aryl methyl sites for hydroxylation is 2. The average Bonchev–Trinajstić information content (AvgIpc) is 2.73. The molecule has 0 radical (unpaired) electrons. The third kappa shape index (κ3) is 2.90. The van der Waals surface area contributed by atoms with Crippen LogP contribution in [0.4, 0.5) is 0 Å². The maximum absolute atomic E-state index is 11.8. The summed E-state index contributed by atoms with van der Waals surface area (Å²) in [5.41, 5.74) is 1.10. The third-order valence-corrected chi connectivity index (χ3v) is 2.73. The van der Waals surface area contributed by atoms with Gasteiger partial charge in [-0.05, 0) is 12.0 Å².